The normalized spacial score (nSPS) is 10.0. The van der Waals surface area contributed by atoms with Gasteiger partial charge in [0, 0.05) is 13.0 Å². The van der Waals surface area contributed by atoms with E-state index in [-0.39, 0.29) is 18.3 Å². The van der Waals surface area contributed by atoms with Gasteiger partial charge in [0.2, 0.25) is 0 Å². The predicted octanol–water partition coefficient (Wildman–Crippen LogP) is 0.858. The Labute approximate surface area is 49.8 Å². The van der Waals surface area contributed by atoms with Gasteiger partial charge in [-0.1, -0.05) is 13.8 Å². The van der Waals surface area contributed by atoms with E-state index < -0.39 is 0 Å². The average molecular weight is 116 g/mol. The molecule has 2 nitrogen and oxygen atoms in total. The smallest absolute Gasteiger partial charge is 0.160 e. The lowest BCUT2D eigenvalue weighted by atomic mass is 10.1. The summed E-state index contributed by atoms with van der Waals surface area (Å²) in [6.45, 7) is 3.97. The van der Waals surface area contributed by atoms with Crippen molar-refractivity contribution in [2.24, 2.45) is 5.92 Å². The van der Waals surface area contributed by atoms with Crippen molar-refractivity contribution in [2.45, 2.75) is 13.8 Å². The summed E-state index contributed by atoms with van der Waals surface area (Å²) in [4.78, 5) is 10.6. The molecule has 0 radical (unpaired) electrons. The minimum absolute atomic E-state index is 0.106. The van der Waals surface area contributed by atoms with Crippen molar-refractivity contribution in [3.8, 4) is 0 Å². The molecule has 0 saturated carbocycles. The summed E-state index contributed by atoms with van der Waals surface area (Å²) in [5, 5.41) is 0. The molecule has 2 heteroatoms. The maximum atomic E-state index is 10.6. The lowest BCUT2D eigenvalue weighted by Gasteiger charge is -1.99. The predicted molar refractivity (Wildman–Crippen MR) is 31.7 cm³/mol. The topological polar surface area (TPSA) is 26.3 Å². The third kappa shape index (κ3) is 2.75. The van der Waals surface area contributed by atoms with E-state index in [9.17, 15) is 4.79 Å². The van der Waals surface area contributed by atoms with Gasteiger partial charge in [0.15, 0.2) is 5.78 Å². The number of ketones is 1. The second-order valence-electron chi connectivity index (χ2n) is 2.05. The van der Waals surface area contributed by atoms with Crippen molar-refractivity contribution < 1.29 is 9.53 Å². The number of ether oxygens (including phenoxy) is 1. The molecule has 0 fully saturated rings. The van der Waals surface area contributed by atoms with Gasteiger partial charge in [-0.25, -0.2) is 0 Å². The van der Waals surface area contributed by atoms with Crippen LogP contribution < -0.4 is 0 Å². The van der Waals surface area contributed by atoms with Crippen LogP contribution >= 0.6 is 0 Å². The first-order valence-electron chi connectivity index (χ1n) is 2.70. The molecule has 8 heavy (non-hydrogen) atoms. The Balaban J connectivity index is 3.33. The first-order chi connectivity index (χ1) is 3.68. The molecule has 0 saturated heterocycles. The van der Waals surface area contributed by atoms with Gasteiger partial charge < -0.3 is 4.74 Å². The number of Topliss-reactive ketones (excluding diaryl/α,β-unsaturated/α-hetero) is 1. The monoisotopic (exact) mass is 116 g/mol. The van der Waals surface area contributed by atoms with Crippen molar-refractivity contribution >= 4 is 5.78 Å². The molecule has 0 aliphatic carbocycles. The SMILES string of the molecule is COCC(=O)C(C)C. The third-order valence-electron chi connectivity index (χ3n) is 0.931. The minimum atomic E-state index is 0.106. The molecule has 0 bridgehead atoms. The van der Waals surface area contributed by atoms with Crippen LogP contribution in [0.5, 0.6) is 0 Å². The highest BCUT2D eigenvalue weighted by atomic mass is 16.5. The van der Waals surface area contributed by atoms with E-state index in [0.29, 0.717) is 0 Å². The fraction of sp³-hybridized carbons (Fsp3) is 0.833. The Morgan fingerprint density at radius 1 is 1.62 bits per heavy atom. The zero-order chi connectivity index (χ0) is 6.57. The van der Waals surface area contributed by atoms with Crippen LogP contribution in [0.1, 0.15) is 13.8 Å². The molecule has 0 N–H and O–H groups in total. The summed E-state index contributed by atoms with van der Waals surface area (Å²) in [5.74, 6) is 0.266. The molecule has 0 heterocycles. The highest BCUT2D eigenvalue weighted by molar-refractivity contribution is 5.81. The number of hydrogen-bond acceptors (Lipinski definition) is 2. The van der Waals surface area contributed by atoms with E-state index in [4.69, 9.17) is 0 Å². The highest BCUT2D eigenvalue weighted by Crippen LogP contribution is 1.92. The Bertz CT molecular complexity index is 76.6. The van der Waals surface area contributed by atoms with Crippen LogP contribution in [0.15, 0.2) is 0 Å². The van der Waals surface area contributed by atoms with Gasteiger partial charge in [-0.05, 0) is 0 Å². The number of rotatable bonds is 3. The largest absolute Gasteiger partial charge is 0.377 e. The van der Waals surface area contributed by atoms with Crippen molar-refractivity contribution in [2.75, 3.05) is 13.7 Å². The van der Waals surface area contributed by atoms with E-state index in [1.165, 1.54) is 7.11 Å². The Hall–Kier alpha value is -0.370. The summed E-state index contributed by atoms with van der Waals surface area (Å²) in [6, 6.07) is 0. The summed E-state index contributed by atoms with van der Waals surface area (Å²) >= 11 is 0. The third-order valence-corrected chi connectivity index (χ3v) is 0.931. The Morgan fingerprint density at radius 3 is 2.25 bits per heavy atom. The second-order valence-corrected chi connectivity index (χ2v) is 2.05. The van der Waals surface area contributed by atoms with Crippen LogP contribution in [0.25, 0.3) is 0 Å². The molecule has 0 rings (SSSR count). The van der Waals surface area contributed by atoms with Crippen molar-refractivity contribution in [1.82, 2.24) is 0 Å². The molecule has 0 atom stereocenters. The molecule has 0 aliphatic heterocycles. The number of carbonyl (C=O) groups is 1. The summed E-state index contributed by atoms with van der Waals surface area (Å²) in [5.41, 5.74) is 0. The molecule has 0 unspecified atom stereocenters. The average Bonchev–Trinajstić information content (AvgIpc) is 1.67. The van der Waals surface area contributed by atoms with Crippen molar-refractivity contribution in [1.29, 1.82) is 0 Å². The standard InChI is InChI=1S/C6H12O2/c1-5(2)6(7)4-8-3/h5H,4H2,1-3H3. The van der Waals surface area contributed by atoms with Crippen molar-refractivity contribution in [3.05, 3.63) is 0 Å². The Morgan fingerprint density at radius 2 is 2.12 bits per heavy atom. The zero-order valence-electron chi connectivity index (χ0n) is 5.60. The molecule has 0 aromatic heterocycles. The van der Waals surface area contributed by atoms with Gasteiger partial charge in [0.05, 0.1) is 0 Å². The molecule has 0 aromatic rings. The first-order valence-corrected chi connectivity index (χ1v) is 2.70. The minimum Gasteiger partial charge on any atom is -0.377 e. The van der Waals surface area contributed by atoms with Gasteiger partial charge in [-0.2, -0.15) is 0 Å². The molecular formula is C6H12O2. The molecule has 48 valence electrons. The maximum Gasteiger partial charge on any atom is 0.160 e. The quantitative estimate of drug-likeness (QED) is 0.546. The second kappa shape index (κ2) is 3.61. The van der Waals surface area contributed by atoms with E-state index in [2.05, 4.69) is 4.74 Å². The molecule has 0 aliphatic rings. The summed E-state index contributed by atoms with van der Waals surface area (Å²) in [6.07, 6.45) is 0. The van der Waals surface area contributed by atoms with Gasteiger partial charge in [-0.3, -0.25) is 4.79 Å². The van der Waals surface area contributed by atoms with Gasteiger partial charge in [0.1, 0.15) is 6.61 Å². The zero-order valence-corrected chi connectivity index (χ0v) is 5.60. The lowest BCUT2D eigenvalue weighted by Crippen LogP contribution is -2.12. The summed E-state index contributed by atoms with van der Waals surface area (Å²) < 4.78 is 4.62. The highest BCUT2D eigenvalue weighted by Gasteiger charge is 2.04. The first kappa shape index (κ1) is 7.63. The van der Waals surface area contributed by atoms with Crippen LogP contribution in [0.2, 0.25) is 0 Å². The molecule has 0 aromatic carbocycles. The fourth-order valence-corrected chi connectivity index (χ4v) is 0.309. The van der Waals surface area contributed by atoms with Crippen LogP contribution in [-0.2, 0) is 9.53 Å². The van der Waals surface area contributed by atoms with E-state index in [1.807, 2.05) is 13.8 Å². The van der Waals surface area contributed by atoms with Crippen LogP contribution in [0, 0.1) is 5.92 Å². The van der Waals surface area contributed by atoms with Gasteiger partial charge in [0.25, 0.3) is 0 Å². The number of hydrogen-bond donors (Lipinski definition) is 0. The Kier molecular flexibility index (Phi) is 3.44. The van der Waals surface area contributed by atoms with Crippen LogP contribution in [-0.4, -0.2) is 19.5 Å². The molecule has 0 amide bonds. The van der Waals surface area contributed by atoms with Crippen LogP contribution in [0.3, 0.4) is 0 Å². The van der Waals surface area contributed by atoms with E-state index in [0.717, 1.165) is 0 Å². The van der Waals surface area contributed by atoms with E-state index >= 15 is 0 Å². The van der Waals surface area contributed by atoms with Gasteiger partial charge >= 0.3 is 0 Å². The molecular weight excluding hydrogens is 104 g/mol. The van der Waals surface area contributed by atoms with Gasteiger partial charge in [-0.15, -0.1) is 0 Å². The summed E-state index contributed by atoms with van der Waals surface area (Å²) in [7, 11) is 1.53. The molecule has 0 spiro atoms. The van der Waals surface area contributed by atoms with E-state index in [1.54, 1.807) is 0 Å². The number of methoxy groups -OCH3 is 1. The maximum absolute atomic E-state index is 10.6. The van der Waals surface area contributed by atoms with Crippen LogP contribution in [0.4, 0.5) is 0 Å². The number of carbonyl (C=O) groups excluding carboxylic acids is 1. The fourth-order valence-electron chi connectivity index (χ4n) is 0.309. The lowest BCUT2D eigenvalue weighted by molar-refractivity contribution is -0.125. The van der Waals surface area contributed by atoms with Crippen molar-refractivity contribution in [3.63, 3.8) is 0 Å².